The number of aliphatic carboxylic acids is 1. The van der Waals surface area contributed by atoms with Gasteiger partial charge >= 0.3 is 5.97 Å². The first-order valence-electron chi connectivity index (χ1n) is 16.8. The number of pyridine rings is 1. The number of halogens is 1. The van der Waals surface area contributed by atoms with Crippen LogP contribution in [0.2, 0.25) is 0 Å². The Morgan fingerprint density at radius 1 is 0.980 bits per heavy atom. The van der Waals surface area contributed by atoms with E-state index in [-0.39, 0.29) is 23.2 Å². The first kappa shape index (κ1) is 33.9. The highest BCUT2D eigenvalue weighted by molar-refractivity contribution is 5.94. The second-order valence-corrected chi connectivity index (χ2v) is 15.0. The summed E-state index contributed by atoms with van der Waals surface area (Å²) in [6.07, 6.45) is 2.90. The molecule has 2 aromatic heterocycles. The maximum absolute atomic E-state index is 13.5. The molecule has 0 fully saturated rings. The number of hydrogen-bond donors (Lipinski definition) is 1. The van der Waals surface area contributed by atoms with Gasteiger partial charge in [0.05, 0.1) is 28.9 Å². The lowest BCUT2D eigenvalue weighted by Gasteiger charge is -2.26. The van der Waals surface area contributed by atoms with Crippen LogP contribution in [-0.2, 0) is 35.4 Å². The zero-order valence-corrected chi connectivity index (χ0v) is 29.1. The van der Waals surface area contributed by atoms with E-state index in [1.165, 1.54) is 12.3 Å². The van der Waals surface area contributed by atoms with Crippen LogP contribution in [0.3, 0.4) is 0 Å². The highest BCUT2D eigenvalue weighted by Crippen LogP contribution is 2.38. The lowest BCUT2D eigenvalue weighted by atomic mass is 9.85. The molecule has 0 spiro atoms. The molecule has 6 rings (SSSR count). The normalized spacial score (nSPS) is 14.7. The second-order valence-electron chi connectivity index (χ2n) is 15.0. The minimum atomic E-state index is -0.996. The van der Waals surface area contributed by atoms with Gasteiger partial charge in [0.1, 0.15) is 18.2 Å². The van der Waals surface area contributed by atoms with Crippen LogP contribution < -0.4 is 9.64 Å². The molecule has 49 heavy (non-hydrogen) atoms. The lowest BCUT2D eigenvalue weighted by Crippen LogP contribution is -2.40. The number of carbonyl (C=O) groups excluding carboxylic acids is 1. The standard InChI is InChI=1S/C41H44FN3O4/c1-26(46)45-31(20-29-9-7-8-10-36(29)45)24-49-32-16-17-33-34(19-27-11-13-28(14-12-27)35-18-15-30(42)23-43-35)38(22-41(5,6)39(47)48)44(37(33)21-32)25-40(2,3)4/h7-18,21,23,31H,19-20,22,24-25H2,1-6H3,(H,47,48). The molecular formula is C41H44FN3O4. The van der Waals surface area contributed by atoms with Gasteiger partial charge in [0.2, 0.25) is 5.91 Å². The summed E-state index contributed by atoms with van der Waals surface area (Å²) in [7, 11) is 0. The van der Waals surface area contributed by atoms with Crippen molar-refractivity contribution in [2.45, 2.75) is 73.4 Å². The molecule has 3 heterocycles. The Hall–Kier alpha value is -4.98. The number of carbonyl (C=O) groups is 2. The van der Waals surface area contributed by atoms with Gasteiger partial charge in [-0.1, -0.05) is 63.2 Å². The van der Waals surface area contributed by atoms with Gasteiger partial charge in [-0.25, -0.2) is 4.39 Å². The molecular weight excluding hydrogens is 617 g/mol. The molecule has 254 valence electrons. The number of aromatic nitrogens is 2. The topological polar surface area (TPSA) is 84.7 Å². The van der Waals surface area contributed by atoms with E-state index >= 15 is 0 Å². The number of amides is 1. The fraction of sp³-hybridized carbons (Fsp3) is 0.341. The molecule has 8 heteroatoms. The lowest BCUT2D eigenvalue weighted by molar-refractivity contribution is -0.146. The van der Waals surface area contributed by atoms with Crippen molar-refractivity contribution in [1.29, 1.82) is 0 Å². The predicted molar refractivity (Wildman–Crippen MR) is 192 cm³/mol. The summed E-state index contributed by atoms with van der Waals surface area (Å²) in [5.41, 5.74) is 6.71. The quantitative estimate of drug-likeness (QED) is 0.162. The first-order chi connectivity index (χ1) is 23.2. The number of nitrogens with zero attached hydrogens (tertiary/aromatic N) is 3. The van der Waals surface area contributed by atoms with Crippen LogP contribution in [0.4, 0.5) is 10.1 Å². The van der Waals surface area contributed by atoms with Crippen LogP contribution in [0.25, 0.3) is 22.2 Å². The van der Waals surface area contributed by atoms with Gasteiger partial charge in [-0.3, -0.25) is 14.6 Å². The number of carboxylic acids is 1. The van der Waals surface area contributed by atoms with Crippen molar-refractivity contribution in [3.05, 3.63) is 113 Å². The maximum atomic E-state index is 13.5. The van der Waals surface area contributed by atoms with E-state index in [1.807, 2.05) is 41.3 Å². The van der Waals surface area contributed by atoms with Gasteiger partial charge in [0.15, 0.2) is 0 Å². The summed E-state index contributed by atoms with van der Waals surface area (Å²) in [5, 5.41) is 11.2. The summed E-state index contributed by atoms with van der Waals surface area (Å²) in [5.74, 6) is -0.532. The average Bonchev–Trinajstić information content (AvgIpc) is 3.55. The molecule has 1 aliphatic heterocycles. The molecule has 0 radical (unpaired) electrons. The number of benzene rings is 3. The molecule has 0 saturated heterocycles. The van der Waals surface area contributed by atoms with Crippen molar-refractivity contribution in [2.24, 2.45) is 10.8 Å². The van der Waals surface area contributed by atoms with E-state index in [0.717, 1.165) is 51.0 Å². The summed E-state index contributed by atoms with van der Waals surface area (Å²) >= 11 is 0. The smallest absolute Gasteiger partial charge is 0.309 e. The van der Waals surface area contributed by atoms with Crippen LogP contribution >= 0.6 is 0 Å². The number of ether oxygens (including phenoxy) is 1. The Morgan fingerprint density at radius 3 is 2.37 bits per heavy atom. The first-order valence-corrected chi connectivity index (χ1v) is 16.8. The molecule has 1 amide bonds. The van der Waals surface area contributed by atoms with Gasteiger partial charge in [-0.2, -0.15) is 0 Å². The van der Waals surface area contributed by atoms with Crippen LogP contribution in [-0.4, -0.2) is 39.2 Å². The molecule has 3 aromatic carbocycles. The number of anilines is 1. The molecule has 0 aliphatic carbocycles. The number of para-hydroxylation sites is 1. The zero-order chi connectivity index (χ0) is 35.1. The minimum absolute atomic E-state index is 0.00894. The fourth-order valence-corrected chi connectivity index (χ4v) is 6.85. The van der Waals surface area contributed by atoms with Crippen LogP contribution in [0.1, 0.15) is 63.9 Å². The summed E-state index contributed by atoms with van der Waals surface area (Å²) in [6.45, 7) is 12.7. The second kappa shape index (κ2) is 13.1. The third-order valence-electron chi connectivity index (χ3n) is 9.29. The highest BCUT2D eigenvalue weighted by Gasteiger charge is 2.34. The van der Waals surface area contributed by atoms with Crippen molar-refractivity contribution in [2.75, 3.05) is 11.5 Å². The van der Waals surface area contributed by atoms with Crippen LogP contribution in [0.5, 0.6) is 5.75 Å². The van der Waals surface area contributed by atoms with E-state index in [2.05, 4.69) is 60.7 Å². The maximum Gasteiger partial charge on any atom is 0.309 e. The molecule has 0 bridgehead atoms. The van der Waals surface area contributed by atoms with Crippen molar-refractivity contribution in [1.82, 2.24) is 9.55 Å². The monoisotopic (exact) mass is 661 g/mol. The van der Waals surface area contributed by atoms with Gasteiger partial charge in [0, 0.05) is 48.3 Å². The zero-order valence-electron chi connectivity index (χ0n) is 29.1. The summed E-state index contributed by atoms with van der Waals surface area (Å²) in [6, 6.07) is 25.2. The molecule has 7 nitrogen and oxygen atoms in total. The Balaban J connectivity index is 1.38. The Labute approximate surface area is 287 Å². The molecule has 1 N–H and O–H groups in total. The van der Waals surface area contributed by atoms with Crippen LogP contribution in [0, 0.1) is 16.6 Å². The fourth-order valence-electron chi connectivity index (χ4n) is 6.85. The van der Waals surface area contributed by atoms with Gasteiger partial charge in [-0.05, 0) is 79.1 Å². The summed E-state index contributed by atoms with van der Waals surface area (Å²) in [4.78, 5) is 31.1. The highest BCUT2D eigenvalue weighted by atomic mass is 19.1. The molecule has 1 aliphatic rings. The molecule has 1 atom stereocenters. The molecule has 5 aromatic rings. The Kier molecular flexibility index (Phi) is 9.09. The van der Waals surface area contributed by atoms with Gasteiger partial charge in [0.25, 0.3) is 0 Å². The third-order valence-corrected chi connectivity index (χ3v) is 9.29. The van der Waals surface area contributed by atoms with Gasteiger partial charge in [-0.15, -0.1) is 0 Å². The average molecular weight is 662 g/mol. The van der Waals surface area contributed by atoms with Gasteiger partial charge < -0.3 is 19.3 Å². The molecule has 1 unspecified atom stereocenters. The number of hydrogen-bond acceptors (Lipinski definition) is 4. The van der Waals surface area contributed by atoms with E-state index in [9.17, 15) is 19.1 Å². The Bertz CT molecular complexity index is 2010. The van der Waals surface area contributed by atoms with E-state index < -0.39 is 11.4 Å². The Morgan fingerprint density at radius 2 is 1.71 bits per heavy atom. The largest absolute Gasteiger partial charge is 0.491 e. The third kappa shape index (κ3) is 7.24. The van der Waals surface area contributed by atoms with Crippen molar-refractivity contribution >= 4 is 28.5 Å². The van der Waals surface area contributed by atoms with E-state index in [1.54, 1.807) is 26.8 Å². The predicted octanol–water partition coefficient (Wildman–Crippen LogP) is 8.49. The van der Waals surface area contributed by atoms with Crippen molar-refractivity contribution in [3.63, 3.8) is 0 Å². The number of rotatable bonds is 10. The van der Waals surface area contributed by atoms with Crippen molar-refractivity contribution < 1.29 is 23.8 Å². The number of fused-ring (bicyclic) bond motifs is 2. The minimum Gasteiger partial charge on any atom is -0.491 e. The summed E-state index contributed by atoms with van der Waals surface area (Å²) < 4.78 is 22.2. The van der Waals surface area contributed by atoms with E-state index in [4.69, 9.17) is 4.74 Å². The number of carboxylic acid groups (broad SMARTS) is 1. The molecule has 0 saturated carbocycles. The SMILES string of the molecule is CC(=O)N1c2ccccc2CC1COc1ccc2c(Cc3ccc(-c4ccc(F)cn4)cc3)c(CC(C)(C)C(=O)O)n(CC(C)(C)C)c2c1. The van der Waals surface area contributed by atoms with Crippen molar-refractivity contribution in [3.8, 4) is 17.0 Å². The van der Waals surface area contributed by atoms with E-state index in [0.29, 0.717) is 37.4 Å². The van der Waals surface area contributed by atoms with Crippen LogP contribution in [0.15, 0.2) is 85.1 Å².